The van der Waals surface area contributed by atoms with Crippen molar-refractivity contribution >= 4 is 27.8 Å². The molecule has 1 saturated heterocycles. The van der Waals surface area contributed by atoms with Crippen LogP contribution in [0.1, 0.15) is 24.4 Å². The summed E-state index contributed by atoms with van der Waals surface area (Å²) >= 11 is 3.35. The smallest absolute Gasteiger partial charge is 0.225 e. The monoisotopic (exact) mass is 360 g/mol. The van der Waals surface area contributed by atoms with Crippen molar-refractivity contribution in [1.82, 2.24) is 9.97 Å². The van der Waals surface area contributed by atoms with E-state index in [0.717, 1.165) is 23.0 Å². The number of carbonyl (C=O) groups excluding carboxylic acids is 1. The lowest BCUT2D eigenvalue weighted by atomic mass is 9.87. The van der Waals surface area contributed by atoms with Gasteiger partial charge in [0.05, 0.1) is 10.5 Å². The third-order valence-corrected chi connectivity index (χ3v) is 4.46. The summed E-state index contributed by atoms with van der Waals surface area (Å²) in [5, 5.41) is 0. The van der Waals surface area contributed by atoms with E-state index in [1.807, 2.05) is 18.2 Å². The number of rotatable bonds is 3. The Morgan fingerprint density at radius 2 is 1.91 bits per heavy atom. The van der Waals surface area contributed by atoms with E-state index in [4.69, 9.17) is 5.73 Å². The maximum absolute atomic E-state index is 11.6. The zero-order chi connectivity index (χ0) is 15.5. The third kappa shape index (κ3) is 3.11. The van der Waals surface area contributed by atoms with E-state index in [-0.39, 0.29) is 17.9 Å². The van der Waals surface area contributed by atoms with Crippen molar-refractivity contribution in [3.63, 3.8) is 0 Å². The number of primary amides is 1. The molecule has 0 bridgehead atoms. The summed E-state index contributed by atoms with van der Waals surface area (Å²) in [5.41, 5.74) is 6.67. The lowest BCUT2D eigenvalue weighted by Crippen LogP contribution is -2.41. The van der Waals surface area contributed by atoms with E-state index in [0.29, 0.717) is 12.4 Å². The lowest BCUT2D eigenvalue weighted by Gasteiger charge is -2.38. The number of halogens is 1. The number of aromatic nitrogens is 2. The molecular formula is C16H17BrN4O. The van der Waals surface area contributed by atoms with Gasteiger partial charge in [0.2, 0.25) is 11.9 Å². The SMILES string of the molecule is NC(=O)C1CCN(c2ncc(Br)cn2)C(c2ccccc2)C1. The highest BCUT2D eigenvalue weighted by Crippen LogP contribution is 2.36. The first-order chi connectivity index (χ1) is 10.6. The molecule has 1 aliphatic rings. The first-order valence-corrected chi connectivity index (χ1v) is 8.03. The molecule has 0 aliphatic carbocycles. The van der Waals surface area contributed by atoms with Crippen molar-refractivity contribution in [3.8, 4) is 0 Å². The van der Waals surface area contributed by atoms with Crippen molar-refractivity contribution in [2.75, 3.05) is 11.4 Å². The molecule has 2 aromatic rings. The molecule has 1 amide bonds. The minimum absolute atomic E-state index is 0.0635. The molecular weight excluding hydrogens is 344 g/mol. The zero-order valence-corrected chi connectivity index (χ0v) is 13.6. The molecule has 2 heterocycles. The van der Waals surface area contributed by atoms with E-state index in [1.54, 1.807) is 12.4 Å². The number of piperidine rings is 1. The summed E-state index contributed by atoms with van der Waals surface area (Å²) < 4.78 is 0.847. The molecule has 0 saturated carbocycles. The van der Waals surface area contributed by atoms with Crippen molar-refractivity contribution < 1.29 is 4.79 Å². The first kappa shape index (κ1) is 15.0. The summed E-state index contributed by atoms with van der Waals surface area (Å²) in [6.45, 7) is 0.717. The van der Waals surface area contributed by atoms with Gasteiger partial charge in [-0.3, -0.25) is 4.79 Å². The normalized spacial score (nSPS) is 21.6. The van der Waals surface area contributed by atoms with Crippen LogP contribution in [0.2, 0.25) is 0 Å². The van der Waals surface area contributed by atoms with E-state index >= 15 is 0 Å². The van der Waals surface area contributed by atoms with Crippen LogP contribution in [-0.2, 0) is 4.79 Å². The highest BCUT2D eigenvalue weighted by atomic mass is 79.9. The Kier molecular flexibility index (Phi) is 4.38. The Morgan fingerprint density at radius 1 is 1.23 bits per heavy atom. The maximum Gasteiger partial charge on any atom is 0.225 e. The topological polar surface area (TPSA) is 72.1 Å². The highest BCUT2D eigenvalue weighted by molar-refractivity contribution is 9.10. The van der Waals surface area contributed by atoms with Crippen LogP contribution in [-0.4, -0.2) is 22.4 Å². The van der Waals surface area contributed by atoms with Gasteiger partial charge in [-0.05, 0) is 34.3 Å². The van der Waals surface area contributed by atoms with Gasteiger partial charge in [-0.2, -0.15) is 0 Å². The van der Waals surface area contributed by atoms with Crippen LogP contribution in [0.4, 0.5) is 5.95 Å². The number of anilines is 1. The van der Waals surface area contributed by atoms with Gasteiger partial charge in [-0.15, -0.1) is 0 Å². The second kappa shape index (κ2) is 6.44. The number of hydrogen-bond acceptors (Lipinski definition) is 4. The van der Waals surface area contributed by atoms with E-state index in [1.165, 1.54) is 0 Å². The minimum atomic E-state index is -0.225. The van der Waals surface area contributed by atoms with Crippen LogP contribution >= 0.6 is 15.9 Å². The van der Waals surface area contributed by atoms with Crippen molar-refractivity contribution in [3.05, 3.63) is 52.8 Å². The fourth-order valence-corrected chi connectivity index (χ4v) is 3.11. The second-order valence-corrected chi connectivity index (χ2v) is 6.36. The fraction of sp³-hybridized carbons (Fsp3) is 0.312. The molecule has 114 valence electrons. The van der Waals surface area contributed by atoms with E-state index in [2.05, 4.69) is 42.9 Å². The Balaban J connectivity index is 1.93. The molecule has 1 aliphatic heterocycles. The number of amides is 1. The summed E-state index contributed by atoms with van der Waals surface area (Å²) in [4.78, 5) is 22.5. The molecule has 2 atom stereocenters. The predicted octanol–water partition coefficient (Wildman–Crippen LogP) is 2.68. The molecule has 2 N–H and O–H groups in total. The number of hydrogen-bond donors (Lipinski definition) is 1. The number of carbonyl (C=O) groups is 1. The number of nitrogens with two attached hydrogens (primary N) is 1. The summed E-state index contributed by atoms with van der Waals surface area (Å²) in [6, 6.07) is 10.2. The minimum Gasteiger partial charge on any atom is -0.369 e. The number of benzene rings is 1. The Bertz CT molecular complexity index is 647. The molecule has 1 aromatic carbocycles. The van der Waals surface area contributed by atoms with Gasteiger partial charge in [0.25, 0.3) is 0 Å². The largest absolute Gasteiger partial charge is 0.369 e. The van der Waals surface area contributed by atoms with Gasteiger partial charge in [0.15, 0.2) is 0 Å². The molecule has 3 rings (SSSR count). The van der Waals surface area contributed by atoms with Crippen LogP contribution in [0.15, 0.2) is 47.2 Å². The first-order valence-electron chi connectivity index (χ1n) is 7.23. The molecule has 22 heavy (non-hydrogen) atoms. The van der Waals surface area contributed by atoms with Crippen LogP contribution < -0.4 is 10.6 Å². The van der Waals surface area contributed by atoms with Gasteiger partial charge in [-0.1, -0.05) is 30.3 Å². The molecule has 1 aromatic heterocycles. The van der Waals surface area contributed by atoms with Crippen molar-refractivity contribution in [1.29, 1.82) is 0 Å². The van der Waals surface area contributed by atoms with Gasteiger partial charge >= 0.3 is 0 Å². The maximum atomic E-state index is 11.6. The van der Waals surface area contributed by atoms with Crippen LogP contribution in [0.25, 0.3) is 0 Å². The second-order valence-electron chi connectivity index (χ2n) is 5.44. The van der Waals surface area contributed by atoms with Crippen molar-refractivity contribution in [2.45, 2.75) is 18.9 Å². The third-order valence-electron chi connectivity index (χ3n) is 4.05. The summed E-state index contributed by atoms with van der Waals surface area (Å²) in [7, 11) is 0. The van der Waals surface area contributed by atoms with E-state index in [9.17, 15) is 4.79 Å². The molecule has 2 unspecified atom stereocenters. The number of nitrogens with zero attached hydrogens (tertiary/aromatic N) is 3. The van der Waals surface area contributed by atoms with Crippen molar-refractivity contribution in [2.24, 2.45) is 11.7 Å². The standard InChI is InChI=1S/C16H17BrN4O/c17-13-9-19-16(20-10-13)21-7-6-12(15(18)22)8-14(21)11-4-2-1-3-5-11/h1-5,9-10,12,14H,6-8H2,(H2,18,22). The molecule has 0 spiro atoms. The Hall–Kier alpha value is -1.95. The van der Waals surface area contributed by atoms with E-state index < -0.39 is 0 Å². The lowest BCUT2D eigenvalue weighted by molar-refractivity contribution is -0.122. The Morgan fingerprint density at radius 3 is 2.55 bits per heavy atom. The van der Waals surface area contributed by atoms with Crippen LogP contribution in [0.5, 0.6) is 0 Å². The van der Waals surface area contributed by atoms with Crippen LogP contribution in [0, 0.1) is 5.92 Å². The van der Waals surface area contributed by atoms with Crippen LogP contribution in [0.3, 0.4) is 0 Å². The average Bonchev–Trinajstić information content (AvgIpc) is 2.56. The highest BCUT2D eigenvalue weighted by Gasteiger charge is 2.33. The summed E-state index contributed by atoms with van der Waals surface area (Å²) in [6.07, 6.45) is 4.91. The predicted molar refractivity (Wildman–Crippen MR) is 88.2 cm³/mol. The molecule has 1 fully saturated rings. The van der Waals surface area contributed by atoms with Gasteiger partial charge in [0, 0.05) is 24.9 Å². The van der Waals surface area contributed by atoms with Gasteiger partial charge < -0.3 is 10.6 Å². The summed E-state index contributed by atoms with van der Waals surface area (Å²) in [5.74, 6) is 0.356. The zero-order valence-electron chi connectivity index (χ0n) is 12.0. The molecule has 0 radical (unpaired) electrons. The Labute approximate surface area is 137 Å². The van der Waals surface area contributed by atoms with Gasteiger partial charge in [0.1, 0.15) is 0 Å². The molecule has 5 nitrogen and oxygen atoms in total. The fourth-order valence-electron chi connectivity index (χ4n) is 2.91. The average molecular weight is 361 g/mol. The molecule has 6 heteroatoms. The van der Waals surface area contributed by atoms with Gasteiger partial charge in [-0.25, -0.2) is 9.97 Å². The quantitative estimate of drug-likeness (QED) is 0.913.